The zero-order valence-electron chi connectivity index (χ0n) is 16.9. The molecule has 7 heteroatoms. The van der Waals surface area contributed by atoms with Crippen molar-refractivity contribution in [1.29, 1.82) is 0 Å². The summed E-state index contributed by atoms with van der Waals surface area (Å²) in [6, 6.07) is 15.8. The lowest BCUT2D eigenvalue weighted by Gasteiger charge is -2.27. The number of nitrogens with zero attached hydrogens (tertiary/aromatic N) is 3. The van der Waals surface area contributed by atoms with E-state index in [1.807, 2.05) is 60.4 Å². The number of rotatable bonds is 7. The second-order valence-corrected chi connectivity index (χ2v) is 8.83. The molecule has 0 aliphatic heterocycles. The molecular weight excluding hydrogens is 493 g/mol. The van der Waals surface area contributed by atoms with Gasteiger partial charge in [0, 0.05) is 15.2 Å². The van der Waals surface area contributed by atoms with E-state index in [-0.39, 0.29) is 18.6 Å². The lowest BCUT2D eigenvalue weighted by atomic mass is 10.1. The molecule has 0 bridgehead atoms. The van der Waals surface area contributed by atoms with Crippen molar-refractivity contribution in [1.82, 2.24) is 15.0 Å². The van der Waals surface area contributed by atoms with Gasteiger partial charge in [0.25, 0.3) is 5.91 Å². The van der Waals surface area contributed by atoms with Crippen LogP contribution in [-0.4, -0.2) is 33.6 Å². The van der Waals surface area contributed by atoms with E-state index in [0.717, 1.165) is 34.8 Å². The van der Waals surface area contributed by atoms with Crippen molar-refractivity contribution in [3.63, 3.8) is 0 Å². The summed E-state index contributed by atoms with van der Waals surface area (Å²) in [5.74, 6) is 1.61. The van der Waals surface area contributed by atoms with Crippen LogP contribution >= 0.6 is 22.6 Å². The molecule has 0 spiro atoms. The van der Waals surface area contributed by atoms with E-state index in [1.165, 1.54) is 5.56 Å². The summed E-state index contributed by atoms with van der Waals surface area (Å²) in [6.07, 6.45) is 4.25. The Morgan fingerprint density at radius 1 is 1.13 bits per heavy atom. The zero-order chi connectivity index (χ0) is 20.9. The quantitative estimate of drug-likeness (QED) is 0.413. The highest BCUT2D eigenvalue weighted by Gasteiger charge is 2.28. The number of hydrogen-bond acceptors (Lipinski definition) is 5. The van der Waals surface area contributed by atoms with Crippen molar-refractivity contribution >= 4 is 28.5 Å². The van der Waals surface area contributed by atoms with Crippen molar-refractivity contribution in [2.45, 2.75) is 45.2 Å². The van der Waals surface area contributed by atoms with Gasteiger partial charge >= 0.3 is 0 Å². The van der Waals surface area contributed by atoms with E-state index in [0.29, 0.717) is 24.0 Å². The van der Waals surface area contributed by atoms with Crippen LogP contribution in [0.5, 0.6) is 5.75 Å². The first kappa shape index (κ1) is 20.8. The van der Waals surface area contributed by atoms with Gasteiger partial charge in [0.05, 0.1) is 0 Å². The molecule has 4 rings (SSSR count). The molecule has 30 heavy (non-hydrogen) atoms. The Labute approximate surface area is 189 Å². The summed E-state index contributed by atoms with van der Waals surface area (Å²) in [6.45, 7) is 2.34. The van der Waals surface area contributed by atoms with Gasteiger partial charge in [-0.1, -0.05) is 47.8 Å². The normalized spacial score (nSPS) is 14.1. The van der Waals surface area contributed by atoms with Gasteiger partial charge in [0.15, 0.2) is 6.61 Å². The zero-order valence-corrected chi connectivity index (χ0v) is 19.0. The molecule has 1 amide bonds. The summed E-state index contributed by atoms with van der Waals surface area (Å²) in [4.78, 5) is 19.4. The molecule has 1 saturated carbocycles. The molecule has 1 fully saturated rings. The van der Waals surface area contributed by atoms with E-state index in [4.69, 9.17) is 9.26 Å². The first-order valence-corrected chi connectivity index (χ1v) is 11.2. The SMILES string of the molecule is Cc1ccc(-c2noc(CN(C(=O)COc3ccc(I)cc3)C3CCCC3)n2)cc1. The predicted molar refractivity (Wildman–Crippen MR) is 122 cm³/mol. The number of halogens is 1. The fourth-order valence-corrected chi connectivity index (χ4v) is 4.04. The number of carbonyl (C=O) groups excluding carboxylic acids is 1. The largest absolute Gasteiger partial charge is 0.484 e. The Morgan fingerprint density at radius 2 is 1.83 bits per heavy atom. The second-order valence-electron chi connectivity index (χ2n) is 7.58. The molecule has 1 aliphatic rings. The second kappa shape index (κ2) is 9.59. The third-order valence-corrected chi connectivity index (χ3v) is 6.06. The molecule has 1 aliphatic carbocycles. The summed E-state index contributed by atoms with van der Waals surface area (Å²) < 4.78 is 12.3. The third-order valence-electron chi connectivity index (χ3n) is 5.35. The van der Waals surface area contributed by atoms with Crippen LogP contribution in [0.1, 0.15) is 37.1 Å². The van der Waals surface area contributed by atoms with Crippen molar-refractivity contribution in [3.05, 3.63) is 63.6 Å². The smallest absolute Gasteiger partial charge is 0.261 e. The molecule has 0 saturated heterocycles. The number of benzene rings is 2. The molecule has 3 aromatic rings. The average Bonchev–Trinajstić information content (AvgIpc) is 3.44. The molecule has 1 aromatic heterocycles. The highest BCUT2D eigenvalue weighted by Crippen LogP contribution is 2.26. The molecule has 156 valence electrons. The maximum absolute atomic E-state index is 13.0. The Hall–Kier alpha value is -2.42. The highest BCUT2D eigenvalue weighted by atomic mass is 127. The van der Waals surface area contributed by atoms with E-state index in [9.17, 15) is 4.79 Å². The summed E-state index contributed by atoms with van der Waals surface area (Å²) in [5.41, 5.74) is 2.07. The lowest BCUT2D eigenvalue weighted by Crippen LogP contribution is -2.41. The minimum absolute atomic E-state index is 0.00392. The van der Waals surface area contributed by atoms with Crippen LogP contribution < -0.4 is 4.74 Å². The van der Waals surface area contributed by atoms with Crippen LogP contribution in [0.4, 0.5) is 0 Å². The number of aryl methyl sites for hydroxylation is 1. The Balaban J connectivity index is 1.45. The van der Waals surface area contributed by atoms with Crippen molar-refractivity contribution < 1.29 is 14.1 Å². The van der Waals surface area contributed by atoms with Gasteiger partial charge in [0.1, 0.15) is 12.3 Å². The van der Waals surface area contributed by atoms with Crippen molar-refractivity contribution in [2.75, 3.05) is 6.61 Å². The van der Waals surface area contributed by atoms with E-state index in [2.05, 4.69) is 32.7 Å². The fourth-order valence-electron chi connectivity index (χ4n) is 3.68. The molecule has 1 heterocycles. The average molecular weight is 517 g/mol. The fraction of sp³-hybridized carbons (Fsp3) is 0.348. The minimum atomic E-state index is -0.0597. The van der Waals surface area contributed by atoms with Gasteiger partial charge in [-0.2, -0.15) is 4.98 Å². The predicted octanol–water partition coefficient (Wildman–Crippen LogP) is 5.00. The van der Waals surface area contributed by atoms with Gasteiger partial charge < -0.3 is 14.2 Å². The van der Waals surface area contributed by atoms with Gasteiger partial charge in [-0.3, -0.25) is 4.79 Å². The third kappa shape index (κ3) is 5.19. The van der Waals surface area contributed by atoms with Gasteiger partial charge in [0.2, 0.25) is 11.7 Å². The minimum Gasteiger partial charge on any atom is -0.484 e. The molecule has 0 atom stereocenters. The van der Waals surface area contributed by atoms with E-state index in [1.54, 1.807) is 0 Å². The van der Waals surface area contributed by atoms with Crippen LogP contribution in [0.25, 0.3) is 11.4 Å². The monoisotopic (exact) mass is 517 g/mol. The standard InChI is InChI=1S/C23H24IN3O3/c1-16-6-8-17(9-7-16)23-25-21(30-26-23)14-27(19-4-2-3-5-19)22(28)15-29-20-12-10-18(24)11-13-20/h6-13,19H,2-5,14-15H2,1H3. The first-order chi connectivity index (χ1) is 14.6. The van der Waals surface area contributed by atoms with Crippen LogP contribution in [0.2, 0.25) is 0 Å². The number of ether oxygens (including phenoxy) is 1. The van der Waals surface area contributed by atoms with E-state index >= 15 is 0 Å². The molecule has 0 radical (unpaired) electrons. The van der Waals surface area contributed by atoms with E-state index < -0.39 is 0 Å². The maximum Gasteiger partial charge on any atom is 0.261 e. The Morgan fingerprint density at radius 3 is 2.53 bits per heavy atom. The van der Waals surface area contributed by atoms with Gasteiger partial charge in [-0.15, -0.1) is 0 Å². The number of aromatic nitrogens is 2. The van der Waals surface area contributed by atoms with Gasteiger partial charge in [-0.25, -0.2) is 0 Å². The summed E-state index contributed by atoms with van der Waals surface area (Å²) in [7, 11) is 0. The highest BCUT2D eigenvalue weighted by molar-refractivity contribution is 14.1. The number of amides is 1. The first-order valence-electron chi connectivity index (χ1n) is 10.2. The Kier molecular flexibility index (Phi) is 6.66. The van der Waals surface area contributed by atoms with Crippen LogP contribution in [-0.2, 0) is 11.3 Å². The Bertz CT molecular complexity index is 980. The molecular formula is C23H24IN3O3. The topological polar surface area (TPSA) is 68.5 Å². The van der Waals surface area contributed by atoms with Crippen LogP contribution in [0.15, 0.2) is 53.1 Å². The van der Waals surface area contributed by atoms with Gasteiger partial charge in [-0.05, 0) is 66.6 Å². The van der Waals surface area contributed by atoms with Crippen molar-refractivity contribution in [2.24, 2.45) is 0 Å². The molecule has 6 nitrogen and oxygen atoms in total. The molecule has 0 unspecified atom stereocenters. The van der Waals surface area contributed by atoms with Crippen LogP contribution in [0, 0.1) is 10.5 Å². The number of hydrogen-bond donors (Lipinski definition) is 0. The molecule has 0 N–H and O–H groups in total. The van der Waals surface area contributed by atoms with Crippen LogP contribution in [0.3, 0.4) is 0 Å². The summed E-state index contributed by atoms with van der Waals surface area (Å²) >= 11 is 2.24. The maximum atomic E-state index is 13.0. The summed E-state index contributed by atoms with van der Waals surface area (Å²) in [5, 5.41) is 4.10. The lowest BCUT2D eigenvalue weighted by molar-refractivity contribution is -0.136. The van der Waals surface area contributed by atoms with Crippen molar-refractivity contribution in [3.8, 4) is 17.1 Å². The molecule has 2 aromatic carbocycles. The number of carbonyl (C=O) groups is 1.